The third-order valence-corrected chi connectivity index (χ3v) is 2.74. The van der Waals surface area contributed by atoms with Crippen LogP contribution in [0.2, 0.25) is 0 Å². The van der Waals surface area contributed by atoms with Crippen molar-refractivity contribution >= 4 is 15.9 Å². The summed E-state index contributed by atoms with van der Waals surface area (Å²) in [5.74, 6) is 0.386. The summed E-state index contributed by atoms with van der Waals surface area (Å²) in [6.07, 6.45) is 0. The molecule has 3 heteroatoms. The number of benzene rings is 1. The van der Waals surface area contributed by atoms with Crippen molar-refractivity contribution in [2.45, 2.75) is 11.5 Å². The van der Waals surface area contributed by atoms with E-state index in [1.807, 2.05) is 12.1 Å². The summed E-state index contributed by atoms with van der Waals surface area (Å²) in [5.41, 5.74) is 2.15. The van der Waals surface area contributed by atoms with Gasteiger partial charge in [-0.25, -0.2) is 0 Å². The van der Waals surface area contributed by atoms with Gasteiger partial charge in [0.2, 0.25) is 0 Å². The van der Waals surface area contributed by atoms with Crippen molar-refractivity contribution in [3.8, 4) is 5.75 Å². The Labute approximate surface area is 73.4 Å². The van der Waals surface area contributed by atoms with Crippen LogP contribution >= 0.6 is 15.9 Å². The molecule has 0 aromatic heterocycles. The van der Waals surface area contributed by atoms with Crippen LogP contribution in [0.1, 0.15) is 16.1 Å². The van der Waals surface area contributed by atoms with Crippen molar-refractivity contribution in [2.24, 2.45) is 0 Å². The first-order valence-corrected chi connectivity index (χ1v) is 4.39. The van der Waals surface area contributed by atoms with Gasteiger partial charge in [-0.3, -0.25) is 5.32 Å². The lowest BCUT2D eigenvalue weighted by molar-refractivity contribution is 0.468. The number of hydrogen-bond donors (Lipinski definition) is 2. The van der Waals surface area contributed by atoms with Crippen LogP contribution in [0.4, 0.5) is 0 Å². The fraction of sp³-hybridized carbons (Fsp3) is 0.250. The summed E-state index contributed by atoms with van der Waals surface area (Å²) in [4.78, 5) is 0.199. The average molecular weight is 214 g/mol. The van der Waals surface area contributed by atoms with E-state index in [0.29, 0.717) is 5.75 Å². The summed E-state index contributed by atoms with van der Waals surface area (Å²) >= 11 is 3.45. The van der Waals surface area contributed by atoms with Crippen molar-refractivity contribution in [1.82, 2.24) is 5.32 Å². The molecule has 0 fully saturated rings. The highest BCUT2D eigenvalue weighted by atomic mass is 79.9. The van der Waals surface area contributed by atoms with E-state index in [0.717, 1.165) is 17.7 Å². The maximum atomic E-state index is 9.39. The van der Waals surface area contributed by atoms with Crippen LogP contribution in [0.5, 0.6) is 5.75 Å². The molecule has 2 rings (SSSR count). The van der Waals surface area contributed by atoms with Crippen molar-refractivity contribution in [3.05, 3.63) is 29.3 Å². The predicted octanol–water partition coefficient (Wildman–Crippen LogP) is 1.89. The molecule has 0 aliphatic carbocycles. The molecule has 58 valence electrons. The van der Waals surface area contributed by atoms with Gasteiger partial charge in [0, 0.05) is 12.1 Å². The molecule has 11 heavy (non-hydrogen) atoms. The average Bonchev–Trinajstić information content (AvgIpc) is 2.35. The van der Waals surface area contributed by atoms with E-state index < -0.39 is 0 Å². The second-order valence-electron chi connectivity index (χ2n) is 2.59. The molecule has 1 aromatic rings. The molecule has 0 amide bonds. The van der Waals surface area contributed by atoms with Gasteiger partial charge in [0.25, 0.3) is 0 Å². The van der Waals surface area contributed by atoms with Gasteiger partial charge < -0.3 is 5.11 Å². The number of phenols is 1. The lowest BCUT2D eigenvalue weighted by atomic mass is 10.1. The molecule has 2 N–H and O–H groups in total. The van der Waals surface area contributed by atoms with Gasteiger partial charge >= 0.3 is 0 Å². The predicted molar refractivity (Wildman–Crippen MR) is 46.6 cm³/mol. The number of hydrogen-bond acceptors (Lipinski definition) is 2. The summed E-state index contributed by atoms with van der Waals surface area (Å²) in [7, 11) is 0. The number of fused-ring (bicyclic) bond motifs is 1. The fourth-order valence-electron chi connectivity index (χ4n) is 1.32. The molecular weight excluding hydrogens is 206 g/mol. The van der Waals surface area contributed by atoms with Crippen LogP contribution in [0, 0.1) is 0 Å². The molecule has 1 aliphatic rings. The number of halogens is 1. The minimum absolute atomic E-state index is 0.199. The van der Waals surface area contributed by atoms with Crippen LogP contribution < -0.4 is 5.32 Å². The molecule has 0 radical (unpaired) electrons. The third-order valence-electron chi connectivity index (χ3n) is 1.92. The highest BCUT2D eigenvalue weighted by Gasteiger charge is 2.20. The van der Waals surface area contributed by atoms with Crippen molar-refractivity contribution in [1.29, 1.82) is 0 Å². The van der Waals surface area contributed by atoms with E-state index in [4.69, 9.17) is 0 Å². The molecule has 1 aromatic carbocycles. The maximum absolute atomic E-state index is 9.39. The fourth-order valence-corrected chi connectivity index (χ4v) is 1.91. The molecule has 1 aliphatic heterocycles. The van der Waals surface area contributed by atoms with Gasteiger partial charge in [-0.15, -0.1) is 0 Å². The van der Waals surface area contributed by atoms with Crippen LogP contribution in [-0.2, 0) is 6.54 Å². The van der Waals surface area contributed by atoms with E-state index in [9.17, 15) is 5.11 Å². The first kappa shape index (κ1) is 7.13. The van der Waals surface area contributed by atoms with Crippen molar-refractivity contribution in [2.75, 3.05) is 0 Å². The normalized spacial score (nSPS) is 21.7. The second kappa shape index (κ2) is 2.50. The monoisotopic (exact) mass is 213 g/mol. The largest absolute Gasteiger partial charge is 0.508 e. The summed E-state index contributed by atoms with van der Waals surface area (Å²) in [6, 6.07) is 5.58. The molecule has 1 atom stereocenters. The Morgan fingerprint density at radius 1 is 1.55 bits per heavy atom. The highest BCUT2D eigenvalue weighted by molar-refractivity contribution is 9.09. The standard InChI is InChI=1S/C8H8BrNO/c9-8-5-2-1-3-7(11)6(5)4-10-8/h1-3,8,10-11H,4H2. The number of phenolic OH excluding ortho intramolecular Hbond substituents is 1. The zero-order valence-corrected chi connectivity index (χ0v) is 7.43. The lowest BCUT2D eigenvalue weighted by Crippen LogP contribution is -2.03. The highest BCUT2D eigenvalue weighted by Crippen LogP contribution is 2.34. The molecule has 0 spiro atoms. The maximum Gasteiger partial charge on any atom is 0.120 e. The lowest BCUT2D eigenvalue weighted by Gasteiger charge is -2.01. The van der Waals surface area contributed by atoms with Crippen molar-refractivity contribution in [3.63, 3.8) is 0 Å². The smallest absolute Gasteiger partial charge is 0.120 e. The Morgan fingerprint density at radius 3 is 3.09 bits per heavy atom. The topological polar surface area (TPSA) is 32.3 Å². The zero-order chi connectivity index (χ0) is 7.84. The van der Waals surface area contributed by atoms with Gasteiger partial charge in [-0.2, -0.15) is 0 Å². The molecule has 2 nitrogen and oxygen atoms in total. The number of rotatable bonds is 0. The van der Waals surface area contributed by atoms with Gasteiger partial charge in [0.05, 0.1) is 4.95 Å². The Balaban J connectivity index is 2.57. The van der Waals surface area contributed by atoms with Gasteiger partial charge in [0.1, 0.15) is 5.75 Å². The van der Waals surface area contributed by atoms with Gasteiger partial charge in [-0.05, 0) is 11.6 Å². The Morgan fingerprint density at radius 2 is 2.36 bits per heavy atom. The van der Waals surface area contributed by atoms with Crippen molar-refractivity contribution < 1.29 is 5.11 Å². The second-order valence-corrected chi connectivity index (χ2v) is 3.50. The van der Waals surface area contributed by atoms with E-state index >= 15 is 0 Å². The van der Waals surface area contributed by atoms with E-state index in [-0.39, 0.29) is 4.95 Å². The Hall–Kier alpha value is -0.540. The Kier molecular flexibility index (Phi) is 1.62. The van der Waals surface area contributed by atoms with E-state index in [1.165, 1.54) is 0 Å². The number of nitrogens with one attached hydrogen (secondary N) is 1. The molecule has 1 unspecified atom stereocenters. The molecule has 1 heterocycles. The van der Waals surface area contributed by atoms with Crippen LogP contribution in [0.25, 0.3) is 0 Å². The van der Waals surface area contributed by atoms with Gasteiger partial charge in [-0.1, -0.05) is 28.1 Å². The summed E-state index contributed by atoms with van der Waals surface area (Å²) in [6.45, 7) is 0.748. The van der Waals surface area contributed by atoms with E-state index in [2.05, 4.69) is 21.2 Å². The van der Waals surface area contributed by atoms with Crippen LogP contribution in [0.15, 0.2) is 18.2 Å². The van der Waals surface area contributed by atoms with Crippen LogP contribution in [-0.4, -0.2) is 5.11 Å². The molecule has 0 saturated heterocycles. The molecular formula is C8H8BrNO. The first-order valence-electron chi connectivity index (χ1n) is 3.47. The number of alkyl halides is 1. The van der Waals surface area contributed by atoms with Gasteiger partial charge in [0.15, 0.2) is 0 Å². The summed E-state index contributed by atoms with van der Waals surface area (Å²) < 4.78 is 0. The molecule has 0 bridgehead atoms. The molecule has 0 saturated carbocycles. The third kappa shape index (κ3) is 1.04. The Bertz CT molecular complexity index is 287. The van der Waals surface area contributed by atoms with E-state index in [1.54, 1.807) is 6.07 Å². The van der Waals surface area contributed by atoms with Crippen LogP contribution in [0.3, 0.4) is 0 Å². The SMILES string of the molecule is Oc1cccc2c1CNC2Br. The zero-order valence-electron chi connectivity index (χ0n) is 5.84. The summed E-state index contributed by atoms with van der Waals surface area (Å²) in [5, 5.41) is 12.6. The minimum atomic E-state index is 0.199. The first-order chi connectivity index (χ1) is 5.29. The number of aromatic hydroxyl groups is 1. The quantitative estimate of drug-likeness (QED) is 0.510. The minimum Gasteiger partial charge on any atom is -0.508 e.